The Morgan fingerprint density at radius 3 is 2.06 bits per heavy atom. The molecule has 0 heterocycles. The third kappa shape index (κ3) is 2.40. The van der Waals surface area contributed by atoms with Crippen LogP contribution in [0, 0.1) is 20.8 Å². The first kappa shape index (κ1) is 12.7. The van der Waals surface area contributed by atoms with Crippen molar-refractivity contribution in [2.24, 2.45) is 0 Å². The van der Waals surface area contributed by atoms with Gasteiger partial charge >= 0.3 is 0 Å². The van der Waals surface area contributed by atoms with Gasteiger partial charge in [0.2, 0.25) is 0 Å². The Kier molecular flexibility index (Phi) is 3.71. The van der Waals surface area contributed by atoms with Crippen LogP contribution in [0.5, 0.6) is 5.75 Å². The second kappa shape index (κ2) is 5.26. The summed E-state index contributed by atoms with van der Waals surface area (Å²) in [6.07, 6.45) is 0. The Morgan fingerprint density at radius 1 is 1.00 bits per heavy atom. The van der Waals surface area contributed by atoms with Gasteiger partial charge in [-0.05, 0) is 55.2 Å². The predicted octanol–water partition coefficient (Wildman–Crippen LogP) is 4.28. The number of methoxy groups -OCH3 is 1. The summed E-state index contributed by atoms with van der Waals surface area (Å²) < 4.78 is 5.30. The fourth-order valence-electron chi connectivity index (χ4n) is 2.45. The van der Waals surface area contributed by atoms with Crippen LogP contribution in [0.2, 0.25) is 0 Å². The minimum atomic E-state index is 0.164. The minimum absolute atomic E-state index is 0.164. The Morgan fingerprint density at radius 2 is 1.56 bits per heavy atom. The molecule has 1 atom stereocenters. The third-order valence-electron chi connectivity index (χ3n) is 3.35. The average molecular weight is 239 g/mol. The van der Waals surface area contributed by atoms with E-state index in [1.807, 2.05) is 6.07 Å². The van der Waals surface area contributed by atoms with Gasteiger partial charge in [0.15, 0.2) is 0 Å². The van der Waals surface area contributed by atoms with E-state index in [4.69, 9.17) is 4.74 Å². The monoisotopic (exact) mass is 239 g/mol. The molecular formula is C17H19O. The predicted molar refractivity (Wildman–Crippen MR) is 76.1 cm³/mol. The molecule has 0 saturated heterocycles. The van der Waals surface area contributed by atoms with Gasteiger partial charge in [-0.15, -0.1) is 0 Å². The van der Waals surface area contributed by atoms with Crippen LogP contribution in [0.3, 0.4) is 0 Å². The fourth-order valence-corrected chi connectivity index (χ4v) is 2.45. The zero-order valence-electron chi connectivity index (χ0n) is 11.2. The van der Waals surface area contributed by atoms with E-state index in [1.54, 1.807) is 7.11 Å². The first-order valence-electron chi connectivity index (χ1n) is 6.16. The van der Waals surface area contributed by atoms with Crippen molar-refractivity contribution in [3.05, 3.63) is 71.6 Å². The van der Waals surface area contributed by atoms with Gasteiger partial charge in [-0.25, -0.2) is 0 Å². The maximum atomic E-state index is 5.30. The lowest BCUT2D eigenvalue weighted by molar-refractivity contribution is 0.414. The second-order valence-electron chi connectivity index (χ2n) is 4.64. The summed E-state index contributed by atoms with van der Waals surface area (Å²) in [4.78, 5) is 0. The highest BCUT2D eigenvalue weighted by Crippen LogP contribution is 2.31. The molecule has 0 aliphatic rings. The molecule has 0 saturated carbocycles. The van der Waals surface area contributed by atoms with Crippen molar-refractivity contribution in [1.29, 1.82) is 0 Å². The highest BCUT2D eigenvalue weighted by Gasteiger charge is 2.14. The number of hydrogen-bond donors (Lipinski definition) is 0. The van der Waals surface area contributed by atoms with E-state index < -0.39 is 0 Å². The van der Waals surface area contributed by atoms with Crippen molar-refractivity contribution >= 4 is 0 Å². The van der Waals surface area contributed by atoms with Crippen LogP contribution in [0.25, 0.3) is 0 Å². The van der Waals surface area contributed by atoms with Crippen LogP contribution >= 0.6 is 0 Å². The number of aryl methyl sites for hydroxylation is 2. The SMILES string of the molecule is [CH2]C(c1ccccc1)c1c(C)cc(OC)cc1C. The standard InChI is InChI=1S/C17H19O/c1-12-10-16(18-4)11-13(2)17(12)14(3)15-8-6-5-7-9-15/h5-11,14H,3H2,1-2,4H3. The van der Waals surface area contributed by atoms with Crippen LogP contribution in [0.4, 0.5) is 0 Å². The minimum Gasteiger partial charge on any atom is -0.497 e. The molecule has 1 nitrogen and oxygen atoms in total. The van der Waals surface area contributed by atoms with Gasteiger partial charge in [-0.1, -0.05) is 30.3 Å². The Hall–Kier alpha value is -1.76. The highest BCUT2D eigenvalue weighted by atomic mass is 16.5. The molecule has 2 rings (SSSR count). The van der Waals surface area contributed by atoms with E-state index in [0.29, 0.717) is 0 Å². The molecule has 1 unspecified atom stereocenters. The van der Waals surface area contributed by atoms with Crippen molar-refractivity contribution < 1.29 is 4.74 Å². The van der Waals surface area contributed by atoms with Crippen LogP contribution in [0.15, 0.2) is 42.5 Å². The maximum absolute atomic E-state index is 5.30. The molecule has 0 N–H and O–H groups in total. The van der Waals surface area contributed by atoms with Crippen molar-refractivity contribution in [3.8, 4) is 5.75 Å². The number of rotatable bonds is 3. The number of benzene rings is 2. The van der Waals surface area contributed by atoms with Gasteiger partial charge in [0.05, 0.1) is 7.11 Å². The first-order chi connectivity index (χ1) is 8.63. The molecule has 0 fully saturated rings. The van der Waals surface area contributed by atoms with Gasteiger partial charge in [-0.3, -0.25) is 0 Å². The molecule has 2 aromatic rings. The maximum Gasteiger partial charge on any atom is 0.119 e. The lowest BCUT2D eigenvalue weighted by Gasteiger charge is -2.19. The molecule has 1 radical (unpaired) electrons. The molecule has 0 aliphatic heterocycles. The van der Waals surface area contributed by atoms with E-state index >= 15 is 0 Å². The molecule has 18 heavy (non-hydrogen) atoms. The molecule has 0 bridgehead atoms. The summed E-state index contributed by atoms with van der Waals surface area (Å²) in [6, 6.07) is 14.5. The summed E-state index contributed by atoms with van der Waals surface area (Å²) in [6.45, 7) is 8.55. The second-order valence-corrected chi connectivity index (χ2v) is 4.64. The van der Waals surface area contributed by atoms with E-state index in [9.17, 15) is 0 Å². The smallest absolute Gasteiger partial charge is 0.119 e. The van der Waals surface area contributed by atoms with Crippen molar-refractivity contribution in [2.75, 3.05) is 7.11 Å². The van der Waals surface area contributed by atoms with Gasteiger partial charge in [0.25, 0.3) is 0 Å². The summed E-state index contributed by atoms with van der Waals surface area (Å²) in [7, 11) is 1.70. The van der Waals surface area contributed by atoms with Gasteiger partial charge in [0, 0.05) is 5.92 Å². The zero-order valence-corrected chi connectivity index (χ0v) is 11.2. The van der Waals surface area contributed by atoms with Crippen LogP contribution < -0.4 is 4.74 Å². The highest BCUT2D eigenvalue weighted by molar-refractivity contribution is 5.47. The van der Waals surface area contributed by atoms with Crippen LogP contribution in [-0.2, 0) is 0 Å². The molecular weight excluding hydrogens is 220 g/mol. The molecule has 0 amide bonds. The molecule has 2 aromatic carbocycles. The van der Waals surface area contributed by atoms with E-state index in [0.717, 1.165) is 5.75 Å². The van der Waals surface area contributed by atoms with Crippen LogP contribution in [0.1, 0.15) is 28.2 Å². The van der Waals surface area contributed by atoms with Crippen molar-refractivity contribution in [3.63, 3.8) is 0 Å². The summed E-state index contributed by atoms with van der Waals surface area (Å²) in [5.41, 5.74) is 5.00. The quantitative estimate of drug-likeness (QED) is 0.777. The lowest BCUT2D eigenvalue weighted by atomic mass is 9.87. The molecule has 1 heteroatoms. The molecule has 93 valence electrons. The molecule has 0 aromatic heterocycles. The average Bonchev–Trinajstić information content (AvgIpc) is 2.38. The van der Waals surface area contributed by atoms with E-state index in [2.05, 4.69) is 57.2 Å². The van der Waals surface area contributed by atoms with Gasteiger partial charge in [0.1, 0.15) is 5.75 Å². The largest absolute Gasteiger partial charge is 0.497 e. The van der Waals surface area contributed by atoms with Crippen molar-refractivity contribution in [2.45, 2.75) is 19.8 Å². The Balaban J connectivity index is 2.45. The van der Waals surface area contributed by atoms with Crippen molar-refractivity contribution in [1.82, 2.24) is 0 Å². The number of hydrogen-bond acceptors (Lipinski definition) is 1. The van der Waals surface area contributed by atoms with Gasteiger partial charge in [-0.2, -0.15) is 0 Å². The summed E-state index contributed by atoms with van der Waals surface area (Å²) >= 11 is 0. The van der Waals surface area contributed by atoms with Gasteiger partial charge < -0.3 is 4.74 Å². The summed E-state index contributed by atoms with van der Waals surface area (Å²) in [5.74, 6) is 1.08. The zero-order chi connectivity index (χ0) is 13.1. The third-order valence-corrected chi connectivity index (χ3v) is 3.35. The Labute approximate surface area is 109 Å². The number of ether oxygens (including phenoxy) is 1. The van der Waals surface area contributed by atoms with Crippen LogP contribution in [-0.4, -0.2) is 7.11 Å². The lowest BCUT2D eigenvalue weighted by Crippen LogP contribution is -2.02. The van der Waals surface area contributed by atoms with E-state index in [-0.39, 0.29) is 5.92 Å². The Bertz CT molecular complexity index is 506. The van der Waals surface area contributed by atoms with E-state index in [1.165, 1.54) is 22.3 Å². The molecule has 0 spiro atoms. The fraction of sp³-hybridized carbons (Fsp3) is 0.235. The molecule has 0 aliphatic carbocycles. The normalized spacial score (nSPS) is 12.2. The summed E-state index contributed by atoms with van der Waals surface area (Å²) in [5, 5.41) is 0. The topological polar surface area (TPSA) is 9.23 Å². The first-order valence-corrected chi connectivity index (χ1v) is 6.16.